The molecule has 0 saturated carbocycles. The van der Waals surface area contributed by atoms with Gasteiger partial charge in [-0.1, -0.05) is 11.3 Å². The van der Waals surface area contributed by atoms with Crippen molar-refractivity contribution < 1.29 is 4.74 Å². The fraction of sp³-hybridized carbons (Fsp3) is 0.125. The van der Waals surface area contributed by atoms with E-state index in [4.69, 9.17) is 10.5 Å². The van der Waals surface area contributed by atoms with Crippen LogP contribution in [0.15, 0.2) is 54.7 Å². The molecule has 3 rings (SSSR count). The van der Waals surface area contributed by atoms with Crippen molar-refractivity contribution >= 4 is 5.69 Å². The predicted octanol–water partition coefficient (Wildman–Crippen LogP) is 2.92. The van der Waals surface area contributed by atoms with Crippen molar-refractivity contribution in [3.8, 4) is 22.7 Å². The molecule has 5 nitrogen and oxygen atoms in total. The average Bonchev–Trinajstić information content (AvgIpc) is 2.98. The van der Waals surface area contributed by atoms with Gasteiger partial charge in [-0.25, -0.2) is 4.68 Å². The first kappa shape index (κ1) is 13.2. The third-order valence-electron chi connectivity index (χ3n) is 3.09. The van der Waals surface area contributed by atoms with Crippen molar-refractivity contribution in [1.82, 2.24) is 15.0 Å². The number of rotatable bonds is 4. The van der Waals surface area contributed by atoms with Crippen molar-refractivity contribution in [1.29, 1.82) is 0 Å². The van der Waals surface area contributed by atoms with Gasteiger partial charge in [0.15, 0.2) is 0 Å². The summed E-state index contributed by atoms with van der Waals surface area (Å²) >= 11 is 0. The Morgan fingerprint density at radius 3 is 2.67 bits per heavy atom. The molecule has 2 aromatic carbocycles. The van der Waals surface area contributed by atoms with Crippen LogP contribution in [0.2, 0.25) is 0 Å². The first-order valence-electron chi connectivity index (χ1n) is 6.78. The number of hydrogen-bond acceptors (Lipinski definition) is 4. The van der Waals surface area contributed by atoms with E-state index >= 15 is 0 Å². The minimum atomic E-state index is 0.658. The fourth-order valence-corrected chi connectivity index (χ4v) is 2.08. The van der Waals surface area contributed by atoms with Crippen LogP contribution >= 0.6 is 0 Å². The van der Waals surface area contributed by atoms with E-state index in [1.807, 2.05) is 61.7 Å². The predicted molar refractivity (Wildman–Crippen MR) is 82.4 cm³/mol. The van der Waals surface area contributed by atoms with Crippen molar-refractivity contribution in [3.05, 3.63) is 54.7 Å². The van der Waals surface area contributed by atoms with Crippen LogP contribution in [0.3, 0.4) is 0 Å². The second-order valence-corrected chi connectivity index (χ2v) is 4.60. The van der Waals surface area contributed by atoms with E-state index in [0.29, 0.717) is 12.3 Å². The number of nitrogens with two attached hydrogens (primary N) is 1. The highest BCUT2D eigenvalue weighted by molar-refractivity contribution is 5.59. The molecule has 5 heteroatoms. The number of ether oxygens (including phenoxy) is 1. The Balaban J connectivity index is 1.87. The van der Waals surface area contributed by atoms with Gasteiger partial charge in [0.2, 0.25) is 0 Å². The number of benzene rings is 2. The highest BCUT2D eigenvalue weighted by Gasteiger charge is 2.06. The van der Waals surface area contributed by atoms with E-state index in [2.05, 4.69) is 10.3 Å². The summed E-state index contributed by atoms with van der Waals surface area (Å²) in [5.41, 5.74) is 9.17. The minimum Gasteiger partial charge on any atom is -0.494 e. The summed E-state index contributed by atoms with van der Waals surface area (Å²) < 4.78 is 7.14. The van der Waals surface area contributed by atoms with Gasteiger partial charge in [-0.05, 0) is 49.4 Å². The maximum atomic E-state index is 5.78. The van der Waals surface area contributed by atoms with Crippen LogP contribution in [0.25, 0.3) is 16.9 Å². The summed E-state index contributed by atoms with van der Waals surface area (Å²) in [6.07, 6.45) is 1.88. The molecule has 0 spiro atoms. The molecule has 0 radical (unpaired) electrons. The van der Waals surface area contributed by atoms with E-state index in [-0.39, 0.29) is 0 Å². The first-order valence-corrected chi connectivity index (χ1v) is 6.78. The Morgan fingerprint density at radius 1 is 1.14 bits per heavy atom. The molecule has 0 bridgehead atoms. The summed E-state index contributed by atoms with van der Waals surface area (Å²) in [6, 6.07) is 15.3. The van der Waals surface area contributed by atoms with Crippen molar-refractivity contribution in [2.24, 2.45) is 0 Å². The van der Waals surface area contributed by atoms with Crippen LogP contribution in [-0.2, 0) is 0 Å². The molecule has 0 aliphatic carbocycles. The van der Waals surface area contributed by atoms with E-state index in [1.54, 1.807) is 4.68 Å². The topological polar surface area (TPSA) is 66.0 Å². The van der Waals surface area contributed by atoms with Crippen LogP contribution in [0, 0.1) is 0 Å². The summed E-state index contributed by atoms with van der Waals surface area (Å²) in [6.45, 7) is 2.62. The number of anilines is 1. The zero-order valence-corrected chi connectivity index (χ0v) is 11.7. The normalized spacial score (nSPS) is 10.5. The molecule has 0 saturated heterocycles. The lowest BCUT2D eigenvalue weighted by Gasteiger charge is -2.03. The van der Waals surface area contributed by atoms with Crippen molar-refractivity contribution in [2.75, 3.05) is 12.3 Å². The zero-order chi connectivity index (χ0) is 14.7. The van der Waals surface area contributed by atoms with Crippen LogP contribution in [0.4, 0.5) is 5.69 Å². The SMILES string of the molecule is CCOc1ccc(-c2cn(-c3cccc(N)c3)nn2)cc1. The van der Waals surface area contributed by atoms with Crippen LogP contribution in [0.5, 0.6) is 5.75 Å². The number of aromatic nitrogens is 3. The standard InChI is InChI=1S/C16H16N4O/c1-2-21-15-8-6-12(7-9-15)16-11-20(19-18-16)14-5-3-4-13(17)10-14/h3-11H,2,17H2,1H3. The number of nitrogen functional groups attached to an aromatic ring is 1. The third-order valence-corrected chi connectivity index (χ3v) is 3.09. The van der Waals surface area contributed by atoms with E-state index < -0.39 is 0 Å². The maximum Gasteiger partial charge on any atom is 0.119 e. The van der Waals surface area contributed by atoms with Gasteiger partial charge in [-0.3, -0.25) is 0 Å². The Hall–Kier alpha value is -2.82. The lowest BCUT2D eigenvalue weighted by atomic mass is 10.1. The molecule has 21 heavy (non-hydrogen) atoms. The van der Waals surface area contributed by atoms with Gasteiger partial charge in [-0.15, -0.1) is 5.10 Å². The molecule has 0 unspecified atom stereocenters. The molecule has 1 heterocycles. The van der Waals surface area contributed by atoms with Crippen molar-refractivity contribution in [3.63, 3.8) is 0 Å². The van der Waals surface area contributed by atoms with E-state index in [0.717, 1.165) is 22.7 Å². The molecule has 3 aromatic rings. The van der Waals surface area contributed by atoms with E-state index in [1.165, 1.54) is 0 Å². The summed E-state index contributed by atoms with van der Waals surface area (Å²) in [4.78, 5) is 0. The maximum absolute atomic E-state index is 5.78. The second kappa shape index (κ2) is 5.66. The van der Waals surface area contributed by atoms with Gasteiger partial charge in [0.25, 0.3) is 0 Å². The van der Waals surface area contributed by atoms with Crippen LogP contribution in [0.1, 0.15) is 6.92 Å². The largest absolute Gasteiger partial charge is 0.494 e. The molecular formula is C16H16N4O. The van der Waals surface area contributed by atoms with Gasteiger partial charge in [0, 0.05) is 11.3 Å². The Bertz CT molecular complexity index is 734. The van der Waals surface area contributed by atoms with Crippen molar-refractivity contribution in [2.45, 2.75) is 6.92 Å². The molecule has 2 N–H and O–H groups in total. The quantitative estimate of drug-likeness (QED) is 0.746. The molecule has 106 valence electrons. The fourth-order valence-electron chi connectivity index (χ4n) is 2.08. The molecule has 0 amide bonds. The monoisotopic (exact) mass is 280 g/mol. The summed E-state index contributed by atoms with van der Waals surface area (Å²) in [7, 11) is 0. The first-order chi connectivity index (χ1) is 10.3. The third kappa shape index (κ3) is 2.86. The molecule has 0 atom stereocenters. The van der Waals surface area contributed by atoms with Crippen LogP contribution < -0.4 is 10.5 Å². The van der Waals surface area contributed by atoms with Gasteiger partial charge in [-0.2, -0.15) is 0 Å². The highest BCUT2D eigenvalue weighted by atomic mass is 16.5. The zero-order valence-electron chi connectivity index (χ0n) is 11.7. The average molecular weight is 280 g/mol. The van der Waals surface area contributed by atoms with E-state index in [9.17, 15) is 0 Å². The molecular weight excluding hydrogens is 264 g/mol. The summed E-state index contributed by atoms with van der Waals surface area (Å²) in [5, 5.41) is 8.34. The molecule has 1 aromatic heterocycles. The molecule has 0 aliphatic heterocycles. The van der Waals surface area contributed by atoms with Gasteiger partial charge in [0.1, 0.15) is 11.4 Å². The van der Waals surface area contributed by atoms with Gasteiger partial charge >= 0.3 is 0 Å². The molecule has 0 aliphatic rings. The Labute approximate surface area is 123 Å². The number of hydrogen-bond donors (Lipinski definition) is 1. The lowest BCUT2D eigenvalue weighted by molar-refractivity contribution is 0.340. The lowest BCUT2D eigenvalue weighted by Crippen LogP contribution is -1.95. The smallest absolute Gasteiger partial charge is 0.119 e. The summed E-state index contributed by atoms with van der Waals surface area (Å²) in [5.74, 6) is 0.851. The number of nitrogens with zero attached hydrogens (tertiary/aromatic N) is 3. The van der Waals surface area contributed by atoms with Gasteiger partial charge < -0.3 is 10.5 Å². The van der Waals surface area contributed by atoms with Gasteiger partial charge in [0.05, 0.1) is 18.5 Å². The molecule has 0 fully saturated rings. The Kier molecular flexibility index (Phi) is 3.55. The minimum absolute atomic E-state index is 0.658. The highest BCUT2D eigenvalue weighted by Crippen LogP contribution is 2.21. The Morgan fingerprint density at radius 2 is 1.95 bits per heavy atom. The van der Waals surface area contributed by atoms with Crippen LogP contribution in [-0.4, -0.2) is 21.6 Å². The second-order valence-electron chi connectivity index (χ2n) is 4.60.